The Kier molecular flexibility index (Phi) is 7.97. The summed E-state index contributed by atoms with van der Waals surface area (Å²) >= 11 is 2.93. The van der Waals surface area contributed by atoms with Crippen LogP contribution in [0.4, 0.5) is 5.13 Å². The number of rotatable bonds is 10. The summed E-state index contributed by atoms with van der Waals surface area (Å²) in [5, 5.41) is 11.7. The lowest BCUT2D eigenvalue weighted by Crippen LogP contribution is -2.22. The van der Waals surface area contributed by atoms with Crippen molar-refractivity contribution in [2.75, 3.05) is 31.7 Å². The Morgan fingerprint density at radius 2 is 1.90 bits per heavy atom. The molecule has 0 fully saturated rings. The molecule has 0 saturated carbocycles. The van der Waals surface area contributed by atoms with Crippen LogP contribution in [0.25, 0.3) is 6.08 Å². The first-order valence-corrected chi connectivity index (χ1v) is 12.6. The predicted octanol–water partition coefficient (Wildman–Crippen LogP) is 3.89. The van der Waals surface area contributed by atoms with Gasteiger partial charge < -0.3 is 5.32 Å². The number of anilines is 1. The molecule has 0 spiro atoms. The van der Waals surface area contributed by atoms with Crippen molar-refractivity contribution >= 4 is 50.1 Å². The second-order valence-electron chi connectivity index (χ2n) is 6.59. The van der Waals surface area contributed by atoms with E-state index in [1.807, 2.05) is 30.3 Å². The van der Waals surface area contributed by atoms with Gasteiger partial charge in [0.05, 0.1) is 11.4 Å². The number of benzene rings is 2. The Bertz CT molecular complexity index is 1160. The van der Waals surface area contributed by atoms with Crippen molar-refractivity contribution in [1.29, 1.82) is 0 Å². The lowest BCUT2D eigenvalue weighted by Gasteiger charge is -2.12. The number of carbonyl (C=O) groups is 1. The number of sulfonamides is 1. The minimum Gasteiger partial charge on any atom is -0.353 e. The van der Waals surface area contributed by atoms with Gasteiger partial charge in [0.2, 0.25) is 15.2 Å². The molecule has 0 amide bonds. The minimum atomic E-state index is -3.59. The van der Waals surface area contributed by atoms with Gasteiger partial charge in [-0.15, -0.1) is 10.2 Å². The van der Waals surface area contributed by atoms with Crippen LogP contribution in [0.15, 0.2) is 69.9 Å². The summed E-state index contributed by atoms with van der Waals surface area (Å²) < 4.78 is 26.4. The van der Waals surface area contributed by atoms with Crippen molar-refractivity contribution in [2.24, 2.45) is 0 Å². The number of hydrogen-bond acceptors (Lipinski definition) is 8. The molecule has 3 aromatic rings. The molecule has 162 valence electrons. The molecular weight excluding hydrogens is 452 g/mol. The summed E-state index contributed by atoms with van der Waals surface area (Å²) in [6.07, 6.45) is 4.11. The average Bonchev–Trinajstić information content (AvgIpc) is 3.23. The molecule has 1 aromatic heterocycles. The van der Waals surface area contributed by atoms with E-state index in [0.29, 0.717) is 10.7 Å². The van der Waals surface area contributed by atoms with Crippen LogP contribution in [0.2, 0.25) is 0 Å². The number of nitrogens with one attached hydrogen (secondary N) is 1. The molecule has 2 aromatic carbocycles. The normalized spacial score (nSPS) is 11.8. The van der Waals surface area contributed by atoms with Gasteiger partial charge >= 0.3 is 0 Å². The molecule has 0 bridgehead atoms. The standard InChI is InChI=1S/C21H22N4O3S3/c1-25(2)31(27,28)18-12-6-11-17(14-18)19(26)15-22-20-23-24-21(30-20)29-13-7-10-16-8-4-3-5-9-16/h3-12,14H,13,15H2,1-2H3,(H,22,23)/b10-7+. The Morgan fingerprint density at radius 3 is 2.65 bits per heavy atom. The summed E-state index contributed by atoms with van der Waals surface area (Å²) in [5.41, 5.74) is 1.46. The highest BCUT2D eigenvalue weighted by molar-refractivity contribution is 8.01. The van der Waals surface area contributed by atoms with E-state index < -0.39 is 10.0 Å². The molecule has 7 nitrogen and oxygen atoms in total. The lowest BCUT2D eigenvalue weighted by atomic mass is 10.1. The van der Waals surface area contributed by atoms with Gasteiger partial charge in [-0.25, -0.2) is 12.7 Å². The maximum atomic E-state index is 12.5. The molecule has 1 heterocycles. The minimum absolute atomic E-state index is 0.00131. The highest BCUT2D eigenvalue weighted by atomic mass is 32.2. The number of ketones is 1. The number of thioether (sulfide) groups is 1. The van der Waals surface area contributed by atoms with Crippen molar-refractivity contribution in [3.8, 4) is 0 Å². The van der Waals surface area contributed by atoms with Gasteiger partial charge in [0.1, 0.15) is 0 Å². The lowest BCUT2D eigenvalue weighted by molar-refractivity contribution is 0.101. The van der Waals surface area contributed by atoms with Crippen LogP contribution in [0.1, 0.15) is 15.9 Å². The highest BCUT2D eigenvalue weighted by Gasteiger charge is 2.18. The average molecular weight is 475 g/mol. The summed E-state index contributed by atoms with van der Waals surface area (Å²) in [4.78, 5) is 12.6. The highest BCUT2D eigenvalue weighted by Crippen LogP contribution is 2.25. The zero-order valence-electron chi connectivity index (χ0n) is 17.1. The largest absolute Gasteiger partial charge is 0.353 e. The molecular formula is C21H22N4O3S3. The number of hydrogen-bond donors (Lipinski definition) is 1. The van der Waals surface area contributed by atoms with Gasteiger partial charge in [-0.3, -0.25) is 4.79 Å². The Balaban J connectivity index is 1.52. The number of aromatic nitrogens is 2. The number of carbonyl (C=O) groups excluding carboxylic acids is 1. The first kappa shape index (κ1) is 23.1. The molecule has 10 heteroatoms. The van der Waals surface area contributed by atoms with E-state index in [4.69, 9.17) is 0 Å². The van der Waals surface area contributed by atoms with Crippen LogP contribution in [-0.4, -0.2) is 55.1 Å². The molecule has 3 rings (SSSR count). The van der Waals surface area contributed by atoms with Crippen LogP contribution in [0, 0.1) is 0 Å². The molecule has 31 heavy (non-hydrogen) atoms. The van der Waals surface area contributed by atoms with Gasteiger partial charge in [0.25, 0.3) is 0 Å². The van der Waals surface area contributed by atoms with E-state index >= 15 is 0 Å². The molecule has 0 radical (unpaired) electrons. The van der Waals surface area contributed by atoms with E-state index in [1.54, 1.807) is 23.9 Å². The van der Waals surface area contributed by atoms with E-state index in [2.05, 4.69) is 27.7 Å². The summed E-state index contributed by atoms with van der Waals surface area (Å²) in [6, 6.07) is 16.1. The van der Waals surface area contributed by atoms with E-state index in [9.17, 15) is 13.2 Å². The Labute approximate surface area is 190 Å². The monoisotopic (exact) mass is 474 g/mol. The number of Topliss-reactive ketones (excluding diaryl/α,β-unsaturated/α-hetero) is 1. The van der Waals surface area contributed by atoms with Crippen LogP contribution in [-0.2, 0) is 10.0 Å². The maximum Gasteiger partial charge on any atom is 0.242 e. The number of nitrogens with zero attached hydrogens (tertiary/aromatic N) is 3. The first-order chi connectivity index (χ1) is 14.9. The topological polar surface area (TPSA) is 92.3 Å². The molecule has 0 saturated heterocycles. The van der Waals surface area contributed by atoms with Gasteiger partial charge in [-0.05, 0) is 17.7 Å². The summed E-state index contributed by atoms with van der Waals surface area (Å²) in [6.45, 7) is -0.00131. The van der Waals surface area contributed by atoms with Crippen LogP contribution < -0.4 is 5.32 Å². The van der Waals surface area contributed by atoms with Crippen LogP contribution in [0.5, 0.6) is 0 Å². The molecule has 1 N–H and O–H groups in total. The zero-order valence-corrected chi connectivity index (χ0v) is 19.5. The van der Waals surface area contributed by atoms with Crippen molar-refractivity contribution in [3.05, 3.63) is 71.8 Å². The Morgan fingerprint density at radius 1 is 1.13 bits per heavy atom. The van der Waals surface area contributed by atoms with Crippen molar-refractivity contribution < 1.29 is 13.2 Å². The van der Waals surface area contributed by atoms with Gasteiger partial charge in [0, 0.05) is 25.4 Å². The van der Waals surface area contributed by atoms with Crippen molar-refractivity contribution in [2.45, 2.75) is 9.24 Å². The first-order valence-electron chi connectivity index (χ1n) is 9.34. The second kappa shape index (κ2) is 10.7. The van der Waals surface area contributed by atoms with Crippen molar-refractivity contribution in [3.63, 3.8) is 0 Å². The summed E-state index contributed by atoms with van der Waals surface area (Å²) in [7, 11) is -0.689. The van der Waals surface area contributed by atoms with Gasteiger partial charge in [-0.2, -0.15) is 0 Å². The van der Waals surface area contributed by atoms with Crippen molar-refractivity contribution in [1.82, 2.24) is 14.5 Å². The summed E-state index contributed by atoms with van der Waals surface area (Å²) in [5.74, 6) is 0.529. The quantitative estimate of drug-likeness (QED) is 0.352. The fourth-order valence-corrected chi connectivity index (χ4v) is 5.04. The molecule has 0 unspecified atom stereocenters. The van der Waals surface area contributed by atoms with E-state index in [1.165, 1.54) is 37.6 Å². The third kappa shape index (κ3) is 6.47. The van der Waals surface area contributed by atoms with Crippen LogP contribution in [0.3, 0.4) is 0 Å². The SMILES string of the molecule is CN(C)S(=O)(=O)c1cccc(C(=O)CNc2nnc(SC/C=C/c3ccccc3)s2)c1. The smallest absolute Gasteiger partial charge is 0.242 e. The molecule has 0 aliphatic carbocycles. The molecule has 0 atom stereocenters. The third-order valence-corrected chi connectivity index (χ3v) is 7.93. The fourth-order valence-electron chi connectivity index (χ4n) is 2.51. The molecule has 0 aliphatic heterocycles. The zero-order chi connectivity index (χ0) is 22.3. The predicted molar refractivity (Wildman–Crippen MR) is 126 cm³/mol. The third-order valence-electron chi connectivity index (χ3n) is 4.15. The molecule has 0 aliphatic rings. The van der Waals surface area contributed by atoms with Crippen LogP contribution >= 0.6 is 23.1 Å². The van der Waals surface area contributed by atoms with E-state index in [0.717, 1.165) is 20.0 Å². The fraction of sp³-hybridized carbons (Fsp3) is 0.190. The Hall–Kier alpha value is -2.53. The maximum absolute atomic E-state index is 12.5. The second-order valence-corrected chi connectivity index (χ2v) is 11.0. The van der Waals surface area contributed by atoms with Gasteiger partial charge in [-0.1, -0.05) is 77.7 Å². The van der Waals surface area contributed by atoms with Gasteiger partial charge in [0.15, 0.2) is 10.1 Å². The van der Waals surface area contributed by atoms with E-state index in [-0.39, 0.29) is 17.2 Å².